The molecule has 1 aliphatic rings. The first kappa shape index (κ1) is 15.6. The van der Waals surface area contributed by atoms with Crippen LogP contribution < -0.4 is 10.0 Å². The summed E-state index contributed by atoms with van der Waals surface area (Å²) in [7, 11) is -3.64. The Morgan fingerprint density at radius 1 is 1.17 bits per heavy atom. The molecular weight excluding hydrogens is 314 g/mol. The number of sulfonamides is 1. The predicted molar refractivity (Wildman–Crippen MR) is 86.4 cm³/mol. The largest absolute Gasteiger partial charge is 0.326 e. The van der Waals surface area contributed by atoms with Crippen molar-refractivity contribution in [3.8, 4) is 0 Å². The second kappa shape index (κ2) is 6.10. The average Bonchev–Trinajstić information content (AvgIpc) is 2.54. The summed E-state index contributed by atoms with van der Waals surface area (Å²) in [6.07, 6.45) is 4.17. The third kappa shape index (κ3) is 3.40. The summed E-state index contributed by atoms with van der Waals surface area (Å²) >= 11 is 0. The number of amides is 1. The SMILES string of the molecule is C[C@H](NS(=O)(=O)c1ccc2c(c1)CCC(=O)N2)c1ccncc1. The lowest BCUT2D eigenvalue weighted by atomic mass is 10.0. The number of nitrogens with one attached hydrogen (secondary N) is 2. The monoisotopic (exact) mass is 331 g/mol. The van der Waals surface area contributed by atoms with E-state index >= 15 is 0 Å². The van der Waals surface area contributed by atoms with Gasteiger partial charge in [0.15, 0.2) is 0 Å². The van der Waals surface area contributed by atoms with Crippen LogP contribution in [0.1, 0.15) is 30.5 Å². The highest BCUT2D eigenvalue weighted by Gasteiger charge is 2.21. The van der Waals surface area contributed by atoms with E-state index in [9.17, 15) is 13.2 Å². The molecule has 1 aromatic heterocycles. The molecule has 7 heteroatoms. The van der Waals surface area contributed by atoms with Gasteiger partial charge in [-0.15, -0.1) is 0 Å². The molecule has 1 atom stereocenters. The molecular formula is C16H17N3O3S. The van der Waals surface area contributed by atoms with Crippen molar-refractivity contribution >= 4 is 21.6 Å². The molecule has 1 aliphatic heterocycles. The standard InChI is InChI=1S/C16H17N3O3S/c1-11(12-6-8-17-9-7-12)19-23(21,22)14-3-4-15-13(10-14)2-5-16(20)18-15/h3-4,6-11,19H,2,5H2,1H3,(H,18,20)/t11-/m0/s1. The maximum absolute atomic E-state index is 12.6. The van der Waals surface area contributed by atoms with Crippen molar-refractivity contribution in [2.24, 2.45) is 0 Å². The van der Waals surface area contributed by atoms with Crippen LogP contribution in [0.5, 0.6) is 0 Å². The molecule has 3 rings (SSSR count). The van der Waals surface area contributed by atoms with E-state index in [2.05, 4.69) is 15.0 Å². The number of carbonyl (C=O) groups excluding carboxylic acids is 1. The van der Waals surface area contributed by atoms with Gasteiger partial charge in [0.2, 0.25) is 15.9 Å². The van der Waals surface area contributed by atoms with Gasteiger partial charge in [0.05, 0.1) is 4.90 Å². The Hall–Kier alpha value is -2.25. The number of aryl methyl sites for hydroxylation is 1. The number of rotatable bonds is 4. The van der Waals surface area contributed by atoms with Crippen molar-refractivity contribution < 1.29 is 13.2 Å². The molecule has 0 radical (unpaired) electrons. The zero-order valence-electron chi connectivity index (χ0n) is 12.6. The summed E-state index contributed by atoms with van der Waals surface area (Å²) in [4.78, 5) is 15.5. The fraction of sp³-hybridized carbons (Fsp3) is 0.250. The second-order valence-corrected chi connectivity index (χ2v) is 7.20. The minimum absolute atomic E-state index is 0.0439. The van der Waals surface area contributed by atoms with E-state index in [0.29, 0.717) is 18.5 Å². The Kier molecular flexibility index (Phi) is 4.14. The summed E-state index contributed by atoms with van der Waals surface area (Å²) in [6, 6.07) is 7.95. The minimum atomic E-state index is -3.64. The summed E-state index contributed by atoms with van der Waals surface area (Å²) in [5.74, 6) is -0.0439. The Morgan fingerprint density at radius 3 is 2.65 bits per heavy atom. The highest BCUT2D eigenvalue weighted by Crippen LogP contribution is 2.26. The quantitative estimate of drug-likeness (QED) is 0.897. The number of carbonyl (C=O) groups is 1. The van der Waals surface area contributed by atoms with Crippen LogP contribution in [-0.4, -0.2) is 19.3 Å². The normalized spacial score (nSPS) is 15.6. The van der Waals surface area contributed by atoms with Gasteiger partial charge in [0, 0.05) is 30.5 Å². The van der Waals surface area contributed by atoms with E-state index in [0.717, 1.165) is 11.1 Å². The van der Waals surface area contributed by atoms with Crippen LogP contribution in [0.25, 0.3) is 0 Å². The van der Waals surface area contributed by atoms with Gasteiger partial charge in [-0.05, 0) is 54.8 Å². The van der Waals surface area contributed by atoms with Crippen LogP contribution in [0, 0.1) is 0 Å². The van der Waals surface area contributed by atoms with Gasteiger partial charge in [-0.25, -0.2) is 13.1 Å². The minimum Gasteiger partial charge on any atom is -0.326 e. The van der Waals surface area contributed by atoms with Crippen LogP contribution in [0.2, 0.25) is 0 Å². The number of anilines is 1. The predicted octanol–water partition coefficient (Wildman–Crippen LogP) is 2.01. The average molecular weight is 331 g/mol. The number of aromatic nitrogens is 1. The number of fused-ring (bicyclic) bond motifs is 1. The number of nitrogens with zero attached hydrogens (tertiary/aromatic N) is 1. The van der Waals surface area contributed by atoms with Crippen molar-refractivity contribution in [3.63, 3.8) is 0 Å². The zero-order valence-corrected chi connectivity index (χ0v) is 13.4. The van der Waals surface area contributed by atoms with Gasteiger partial charge in [0.1, 0.15) is 0 Å². The van der Waals surface area contributed by atoms with E-state index in [-0.39, 0.29) is 16.8 Å². The number of hydrogen-bond acceptors (Lipinski definition) is 4. The fourth-order valence-electron chi connectivity index (χ4n) is 2.55. The summed E-state index contributed by atoms with van der Waals surface area (Å²) in [5.41, 5.74) is 2.36. The van der Waals surface area contributed by atoms with Crippen LogP contribution in [0.15, 0.2) is 47.6 Å². The molecule has 2 heterocycles. The first-order valence-corrected chi connectivity index (χ1v) is 8.79. The van der Waals surface area contributed by atoms with E-state index in [1.807, 2.05) is 0 Å². The molecule has 0 saturated heterocycles. The molecule has 0 bridgehead atoms. The molecule has 2 N–H and O–H groups in total. The van der Waals surface area contributed by atoms with E-state index in [1.54, 1.807) is 43.6 Å². The van der Waals surface area contributed by atoms with Crippen LogP contribution in [0.4, 0.5) is 5.69 Å². The van der Waals surface area contributed by atoms with E-state index in [4.69, 9.17) is 0 Å². The summed E-state index contributed by atoms with van der Waals surface area (Å²) < 4.78 is 27.8. The van der Waals surface area contributed by atoms with Gasteiger partial charge >= 0.3 is 0 Å². The summed E-state index contributed by atoms with van der Waals surface area (Å²) in [6.45, 7) is 1.78. The molecule has 0 aliphatic carbocycles. The molecule has 0 unspecified atom stereocenters. The Morgan fingerprint density at radius 2 is 1.91 bits per heavy atom. The lowest BCUT2D eigenvalue weighted by Gasteiger charge is -2.19. The van der Waals surface area contributed by atoms with E-state index < -0.39 is 10.0 Å². The molecule has 0 saturated carbocycles. The molecule has 23 heavy (non-hydrogen) atoms. The van der Waals surface area contributed by atoms with Crippen molar-refractivity contribution in [2.75, 3.05) is 5.32 Å². The van der Waals surface area contributed by atoms with E-state index in [1.165, 1.54) is 6.07 Å². The highest BCUT2D eigenvalue weighted by atomic mass is 32.2. The highest BCUT2D eigenvalue weighted by molar-refractivity contribution is 7.89. The Balaban J connectivity index is 1.84. The fourth-order valence-corrected chi connectivity index (χ4v) is 3.83. The van der Waals surface area contributed by atoms with Gasteiger partial charge in [-0.2, -0.15) is 0 Å². The molecule has 120 valence electrons. The smallest absolute Gasteiger partial charge is 0.241 e. The van der Waals surface area contributed by atoms with Gasteiger partial charge in [0.25, 0.3) is 0 Å². The maximum Gasteiger partial charge on any atom is 0.241 e. The zero-order chi connectivity index (χ0) is 16.4. The van der Waals surface area contributed by atoms with Crippen molar-refractivity contribution in [1.82, 2.24) is 9.71 Å². The van der Waals surface area contributed by atoms with Crippen LogP contribution in [0.3, 0.4) is 0 Å². The molecule has 1 amide bonds. The third-order valence-corrected chi connectivity index (χ3v) is 5.36. The molecule has 0 fully saturated rings. The lowest BCUT2D eigenvalue weighted by Crippen LogP contribution is -2.27. The van der Waals surface area contributed by atoms with Gasteiger partial charge in [-0.1, -0.05) is 0 Å². The van der Waals surface area contributed by atoms with Crippen molar-refractivity contribution in [1.29, 1.82) is 0 Å². The number of pyridine rings is 1. The second-order valence-electron chi connectivity index (χ2n) is 5.49. The Labute approximate surface area is 135 Å². The van der Waals surface area contributed by atoms with Gasteiger partial charge in [-0.3, -0.25) is 9.78 Å². The van der Waals surface area contributed by atoms with Gasteiger partial charge < -0.3 is 5.32 Å². The number of benzene rings is 1. The Bertz CT molecular complexity index is 835. The maximum atomic E-state index is 12.6. The lowest BCUT2D eigenvalue weighted by molar-refractivity contribution is -0.116. The molecule has 1 aromatic carbocycles. The van der Waals surface area contributed by atoms with Crippen molar-refractivity contribution in [3.05, 3.63) is 53.9 Å². The number of hydrogen-bond donors (Lipinski definition) is 2. The molecule has 6 nitrogen and oxygen atoms in total. The topological polar surface area (TPSA) is 88.2 Å². The first-order chi connectivity index (χ1) is 11.0. The third-order valence-electron chi connectivity index (χ3n) is 3.82. The molecule has 0 spiro atoms. The van der Waals surface area contributed by atoms with Crippen molar-refractivity contribution in [2.45, 2.75) is 30.7 Å². The molecule has 2 aromatic rings. The summed E-state index contributed by atoms with van der Waals surface area (Å²) in [5, 5.41) is 2.74. The first-order valence-electron chi connectivity index (χ1n) is 7.31. The van der Waals surface area contributed by atoms with Crippen LogP contribution >= 0.6 is 0 Å². The van der Waals surface area contributed by atoms with Crippen LogP contribution in [-0.2, 0) is 21.2 Å².